The zero-order chi connectivity index (χ0) is 30.8. The molecule has 0 saturated heterocycles. The van der Waals surface area contributed by atoms with Crippen LogP contribution in [0.5, 0.6) is 6.01 Å². The average molecular weight is 564 g/mol. The molecule has 2 N–H and O–H groups in total. The topological polar surface area (TPSA) is 96.7 Å². The molecule has 0 fully saturated rings. The summed E-state index contributed by atoms with van der Waals surface area (Å²) in [6.45, 7) is 22.3. The zero-order valence-corrected chi connectivity index (χ0v) is 27.1. The number of hydrogen-bond acceptors (Lipinski definition) is 6. The van der Waals surface area contributed by atoms with Gasteiger partial charge in [0.05, 0.1) is 13.2 Å². The zero-order valence-electron chi connectivity index (χ0n) is 27.1. The maximum atomic E-state index is 6.31. The number of ether oxygens (including phenoxy) is 1. The number of nitrogen functional groups attached to an aromatic ring is 1. The Morgan fingerprint density at radius 3 is 2.32 bits per heavy atom. The number of imidazole rings is 2. The molecule has 0 saturated carbocycles. The van der Waals surface area contributed by atoms with Gasteiger partial charge in [-0.3, -0.25) is 4.57 Å². The Bertz CT molecular complexity index is 1300. The molecule has 0 radical (unpaired) electrons. The van der Waals surface area contributed by atoms with Crippen molar-refractivity contribution >= 4 is 17.0 Å². The number of aromatic nitrogens is 6. The highest BCUT2D eigenvalue weighted by Gasteiger charge is 2.20. The lowest BCUT2D eigenvalue weighted by molar-refractivity contribution is 0.301. The van der Waals surface area contributed by atoms with Crippen LogP contribution in [0.3, 0.4) is 0 Å². The normalized spacial score (nSPS) is 12.8. The number of aryl methyl sites for hydroxylation is 1. The number of rotatable bonds is 2. The second-order valence-electron chi connectivity index (χ2n) is 9.33. The van der Waals surface area contributed by atoms with E-state index in [1.165, 1.54) is 5.56 Å². The predicted molar refractivity (Wildman–Crippen MR) is 174 cm³/mol. The van der Waals surface area contributed by atoms with Gasteiger partial charge < -0.3 is 15.0 Å². The summed E-state index contributed by atoms with van der Waals surface area (Å²) in [4.78, 5) is 18.5. The van der Waals surface area contributed by atoms with Crippen molar-refractivity contribution in [2.24, 2.45) is 5.92 Å². The van der Waals surface area contributed by atoms with Crippen LogP contribution >= 0.6 is 0 Å². The molecule has 0 amide bonds. The Morgan fingerprint density at radius 1 is 0.951 bits per heavy atom. The lowest BCUT2D eigenvalue weighted by Crippen LogP contribution is -2.08. The van der Waals surface area contributed by atoms with E-state index in [1.807, 2.05) is 59.2 Å². The van der Waals surface area contributed by atoms with Crippen LogP contribution in [0.4, 0.5) is 5.82 Å². The summed E-state index contributed by atoms with van der Waals surface area (Å²) in [6.07, 6.45) is 11.1. The minimum atomic E-state index is 0.326. The molecule has 226 valence electrons. The largest absolute Gasteiger partial charge is 0.465 e. The SMILES string of the molecule is CC.CC.CC.CC(C)C.CCOc1nc2c(N)nc3nc2n1Cc1cccc(c1)C/C=C/CCCn1ccnc1-3. The second-order valence-corrected chi connectivity index (χ2v) is 9.33. The standard InChI is InChI=1S/C23H25N7O.C4H10.3C2H6/c1-2-31-23-26-18-19(24)27-20-22-25-11-13-29(22)12-6-4-3-5-8-16-9-7-10-17(14-16)15-30(23)21(18)28-20;1-4(2)3;3*1-2/h3,5,7,9-11,13-14H,2,4,6,8,12,15H2,1H3,(H2,24,27,28);4H,1-3H3;3*1-2H3/b5-3+;;;;. The van der Waals surface area contributed by atoms with Crippen LogP contribution < -0.4 is 10.5 Å². The van der Waals surface area contributed by atoms with Crippen LogP contribution in [-0.2, 0) is 19.5 Å². The summed E-state index contributed by atoms with van der Waals surface area (Å²) in [7, 11) is 0. The fourth-order valence-electron chi connectivity index (χ4n) is 3.93. The van der Waals surface area contributed by atoms with Crippen molar-refractivity contribution in [3.05, 3.63) is 59.9 Å². The number of nitrogens with zero attached hydrogens (tertiary/aromatic N) is 6. The van der Waals surface area contributed by atoms with E-state index in [0.29, 0.717) is 47.8 Å². The fraction of sp³-hybridized carbons (Fsp3) is 0.515. The first kappa shape index (κ1) is 35.3. The predicted octanol–water partition coefficient (Wildman–Crippen LogP) is 8.35. The minimum absolute atomic E-state index is 0.326. The van der Waals surface area contributed by atoms with Crippen molar-refractivity contribution in [2.75, 3.05) is 12.3 Å². The van der Waals surface area contributed by atoms with E-state index < -0.39 is 0 Å². The quantitative estimate of drug-likeness (QED) is 0.246. The number of fused-ring (bicyclic) bond motifs is 5. The van der Waals surface area contributed by atoms with Gasteiger partial charge in [-0.25, -0.2) is 15.0 Å². The Balaban J connectivity index is 0.000000750. The summed E-state index contributed by atoms with van der Waals surface area (Å²) < 4.78 is 9.87. The first-order valence-electron chi connectivity index (χ1n) is 15.4. The highest BCUT2D eigenvalue weighted by atomic mass is 16.5. The first-order valence-corrected chi connectivity index (χ1v) is 15.4. The molecular weight excluding hydrogens is 510 g/mol. The second kappa shape index (κ2) is 19.4. The third-order valence-electron chi connectivity index (χ3n) is 5.40. The molecule has 0 unspecified atom stereocenters. The number of anilines is 1. The third-order valence-corrected chi connectivity index (χ3v) is 5.40. The van der Waals surface area contributed by atoms with Crippen molar-refractivity contribution in [3.63, 3.8) is 0 Å². The van der Waals surface area contributed by atoms with Crippen LogP contribution in [0.1, 0.15) is 93.2 Å². The molecule has 1 aliphatic rings. The number of benzene rings is 1. The van der Waals surface area contributed by atoms with Crippen molar-refractivity contribution in [2.45, 2.75) is 102 Å². The van der Waals surface area contributed by atoms with Gasteiger partial charge in [-0.15, -0.1) is 0 Å². The number of hydrogen-bond donors (Lipinski definition) is 1. The van der Waals surface area contributed by atoms with E-state index in [9.17, 15) is 0 Å². The summed E-state index contributed by atoms with van der Waals surface area (Å²) in [6, 6.07) is 9.06. The van der Waals surface area contributed by atoms with Gasteiger partial charge in [0.1, 0.15) is 0 Å². The van der Waals surface area contributed by atoms with Gasteiger partial charge >= 0.3 is 0 Å². The summed E-state index contributed by atoms with van der Waals surface area (Å²) in [5.41, 5.74) is 9.93. The molecule has 41 heavy (non-hydrogen) atoms. The highest BCUT2D eigenvalue weighted by molar-refractivity contribution is 5.84. The molecule has 1 aromatic carbocycles. The molecule has 3 aromatic heterocycles. The Hall–Kier alpha value is -3.68. The molecular formula is C33H53N7O. The van der Waals surface area contributed by atoms with Crippen LogP contribution in [0.25, 0.3) is 22.8 Å². The molecule has 8 nitrogen and oxygen atoms in total. The van der Waals surface area contributed by atoms with E-state index in [-0.39, 0.29) is 0 Å². The Kier molecular flexibility index (Phi) is 16.7. The average Bonchev–Trinajstić information content (AvgIpc) is 3.59. The first-order chi connectivity index (χ1) is 20.0. The monoisotopic (exact) mass is 563 g/mol. The molecule has 4 bridgehead atoms. The van der Waals surface area contributed by atoms with E-state index in [4.69, 9.17) is 15.5 Å². The van der Waals surface area contributed by atoms with Crippen LogP contribution in [0, 0.1) is 5.92 Å². The molecule has 4 aromatic rings. The fourth-order valence-corrected chi connectivity index (χ4v) is 3.93. The van der Waals surface area contributed by atoms with E-state index in [2.05, 4.69) is 76.7 Å². The van der Waals surface area contributed by atoms with Crippen molar-refractivity contribution in [1.82, 2.24) is 29.1 Å². The van der Waals surface area contributed by atoms with Crippen LogP contribution in [0.15, 0.2) is 48.8 Å². The highest BCUT2D eigenvalue weighted by Crippen LogP contribution is 2.28. The van der Waals surface area contributed by atoms with Gasteiger partial charge in [-0.05, 0) is 43.2 Å². The van der Waals surface area contributed by atoms with E-state index in [1.54, 1.807) is 6.20 Å². The number of allylic oxidation sites excluding steroid dienone is 2. The molecule has 0 aliphatic carbocycles. The van der Waals surface area contributed by atoms with Crippen molar-refractivity contribution < 1.29 is 4.74 Å². The van der Waals surface area contributed by atoms with Crippen molar-refractivity contribution in [3.8, 4) is 17.7 Å². The Labute approximate surface area is 248 Å². The molecule has 4 heterocycles. The van der Waals surface area contributed by atoms with E-state index in [0.717, 1.165) is 37.3 Å². The van der Waals surface area contributed by atoms with Gasteiger partial charge in [0, 0.05) is 18.9 Å². The van der Waals surface area contributed by atoms with Gasteiger partial charge in [0.15, 0.2) is 28.6 Å². The van der Waals surface area contributed by atoms with Gasteiger partial charge in [0.2, 0.25) is 0 Å². The number of nitrogens with two attached hydrogens (primary N) is 1. The lowest BCUT2D eigenvalue weighted by atomic mass is 10.1. The maximum Gasteiger partial charge on any atom is 0.299 e. The smallest absolute Gasteiger partial charge is 0.299 e. The Morgan fingerprint density at radius 2 is 1.63 bits per heavy atom. The third kappa shape index (κ3) is 10.3. The minimum Gasteiger partial charge on any atom is -0.465 e. The molecule has 1 aliphatic heterocycles. The summed E-state index contributed by atoms with van der Waals surface area (Å²) >= 11 is 0. The van der Waals surface area contributed by atoms with Crippen LogP contribution in [0.2, 0.25) is 0 Å². The molecule has 8 heteroatoms. The molecule has 0 spiro atoms. The lowest BCUT2D eigenvalue weighted by Gasteiger charge is -2.11. The maximum absolute atomic E-state index is 6.31. The molecule has 5 rings (SSSR count). The van der Waals surface area contributed by atoms with E-state index >= 15 is 0 Å². The van der Waals surface area contributed by atoms with Gasteiger partial charge in [-0.1, -0.05) is 98.7 Å². The van der Waals surface area contributed by atoms with Crippen LogP contribution in [-0.4, -0.2) is 35.7 Å². The van der Waals surface area contributed by atoms with Crippen molar-refractivity contribution in [1.29, 1.82) is 0 Å². The summed E-state index contributed by atoms with van der Waals surface area (Å²) in [5.74, 6) is 2.36. The van der Waals surface area contributed by atoms with Gasteiger partial charge in [0.25, 0.3) is 6.01 Å². The van der Waals surface area contributed by atoms with Gasteiger partial charge in [-0.2, -0.15) is 4.98 Å². The molecule has 0 atom stereocenters. The summed E-state index contributed by atoms with van der Waals surface area (Å²) in [5, 5.41) is 0.